The molecule has 2 aromatic carbocycles. The van der Waals surface area contributed by atoms with E-state index in [2.05, 4.69) is 10.1 Å². The number of amides is 1. The van der Waals surface area contributed by atoms with Gasteiger partial charge >= 0.3 is 5.69 Å². The van der Waals surface area contributed by atoms with E-state index in [4.69, 9.17) is 14.2 Å². The summed E-state index contributed by atoms with van der Waals surface area (Å²) in [5, 5.41) is 4.40. The maximum absolute atomic E-state index is 12.7. The lowest BCUT2D eigenvalue weighted by atomic mass is 10.2. The monoisotopic (exact) mass is 438 g/mol. The van der Waals surface area contributed by atoms with Gasteiger partial charge in [0.2, 0.25) is 0 Å². The average Bonchev–Trinajstić information content (AvgIpc) is 2.83. The van der Waals surface area contributed by atoms with Gasteiger partial charge in [-0.2, -0.15) is 5.10 Å². The van der Waals surface area contributed by atoms with Gasteiger partial charge in [0, 0.05) is 18.7 Å². The van der Waals surface area contributed by atoms with Crippen LogP contribution < -0.4 is 20.7 Å². The molecule has 1 saturated heterocycles. The fourth-order valence-electron chi connectivity index (χ4n) is 3.37. The Balaban J connectivity index is 1.62. The maximum atomic E-state index is 12.7. The number of para-hydroxylation sites is 2. The van der Waals surface area contributed by atoms with Gasteiger partial charge in [-0.15, -0.1) is 4.68 Å². The van der Waals surface area contributed by atoms with Gasteiger partial charge in [-0.05, 0) is 24.3 Å². The summed E-state index contributed by atoms with van der Waals surface area (Å²) in [6, 6.07) is 11.8. The molecule has 0 bridgehead atoms. The molecule has 0 atom stereocenters. The minimum atomic E-state index is -0.669. The number of nitrogens with zero attached hydrogens (tertiary/aromatic N) is 3. The first kappa shape index (κ1) is 21.3. The number of rotatable bonds is 6. The van der Waals surface area contributed by atoms with Gasteiger partial charge in [-0.1, -0.05) is 18.2 Å². The van der Waals surface area contributed by atoms with Crippen LogP contribution in [0.1, 0.15) is 5.56 Å². The van der Waals surface area contributed by atoms with E-state index in [0.717, 1.165) is 4.68 Å². The van der Waals surface area contributed by atoms with Crippen LogP contribution in [0.25, 0.3) is 10.9 Å². The Morgan fingerprint density at radius 1 is 1.16 bits per heavy atom. The second kappa shape index (κ2) is 9.48. The largest absolute Gasteiger partial charge is 0.493 e. The van der Waals surface area contributed by atoms with Crippen LogP contribution in [0.2, 0.25) is 0 Å². The lowest BCUT2D eigenvalue weighted by Gasteiger charge is -2.27. The highest BCUT2D eigenvalue weighted by atomic mass is 16.5. The first-order valence-electron chi connectivity index (χ1n) is 10.0. The smallest absolute Gasteiger partial charge is 0.349 e. The number of morpholine rings is 1. The molecule has 32 heavy (non-hydrogen) atoms. The van der Waals surface area contributed by atoms with Crippen LogP contribution in [0.4, 0.5) is 0 Å². The van der Waals surface area contributed by atoms with E-state index >= 15 is 0 Å². The zero-order chi connectivity index (χ0) is 22.5. The first-order valence-corrected chi connectivity index (χ1v) is 10.0. The molecule has 1 N–H and O–H groups in total. The number of nitrogens with one attached hydrogen (secondary N) is 1. The van der Waals surface area contributed by atoms with Gasteiger partial charge in [0.15, 0.2) is 18.1 Å². The summed E-state index contributed by atoms with van der Waals surface area (Å²) in [5.74, 6) is 0.499. The minimum absolute atomic E-state index is 0.177. The molecule has 0 aliphatic carbocycles. The van der Waals surface area contributed by atoms with Crippen LogP contribution in [-0.2, 0) is 9.53 Å². The van der Waals surface area contributed by atoms with Crippen molar-refractivity contribution in [2.75, 3.05) is 40.0 Å². The molecule has 1 aliphatic heterocycles. The highest BCUT2D eigenvalue weighted by molar-refractivity contribution is 5.86. The minimum Gasteiger partial charge on any atom is -0.493 e. The number of hydrogen-bond donors (Lipinski definition) is 1. The summed E-state index contributed by atoms with van der Waals surface area (Å²) in [4.78, 5) is 41.8. The molecule has 1 amide bonds. The lowest BCUT2D eigenvalue weighted by Crippen LogP contribution is -2.43. The summed E-state index contributed by atoms with van der Waals surface area (Å²) in [7, 11) is 1.48. The molecule has 1 aromatic heterocycles. The molecule has 1 fully saturated rings. The SMILES string of the molecule is COc1cccc(C=Nn2c(=O)[nH]c3ccccc3c2=O)c1OCC(=O)N1CCOCC1. The molecule has 3 aromatic rings. The Labute approximate surface area is 182 Å². The molecule has 0 spiro atoms. The summed E-state index contributed by atoms with van der Waals surface area (Å²) in [6.45, 7) is 1.81. The molecule has 10 nitrogen and oxygen atoms in total. The lowest BCUT2D eigenvalue weighted by molar-refractivity contribution is -0.137. The molecule has 166 valence electrons. The van der Waals surface area contributed by atoms with Crippen LogP contribution in [0.5, 0.6) is 11.5 Å². The van der Waals surface area contributed by atoms with Crippen LogP contribution in [-0.4, -0.2) is 66.7 Å². The van der Waals surface area contributed by atoms with E-state index in [1.54, 1.807) is 47.4 Å². The van der Waals surface area contributed by atoms with E-state index in [1.165, 1.54) is 13.3 Å². The number of carbonyl (C=O) groups is 1. The van der Waals surface area contributed by atoms with Crippen molar-refractivity contribution in [3.8, 4) is 11.5 Å². The van der Waals surface area contributed by atoms with E-state index in [9.17, 15) is 14.4 Å². The Hall–Kier alpha value is -3.92. The van der Waals surface area contributed by atoms with E-state index in [0.29, 0.717) is 48.5 Å². The van der Waals surface area contributed by atoms with E-state index in [-0.39, 0.29) is 18.3 Å². The van der Waals surface area contributed by atoms with Crippen molar-refractivity contribution in [2.45, 2.75) is 0 Å². The molecular weight excluding hydrogens is 416 g/mol. The summed E-state index contributed by atoms with van der Waals surface area (Å²) < 4.78 is 17.1. The van der Waals surface area contributed by atoms with Gasteiger partial charge in [0.25, 0.3) is 11.5 Å². The molecule has 0 saturated carbocycles. The van der Waals surface area contributed by atoms with E-state index < -0.39 is 11.2 Å². The molecule has 4 rings (SSSR count). The molecule has 2 heterocycles. The predicted octanol–water partition coefficient (Wildman–Crippen LogP) is 0.818. The van der Waals surface area contributed by atoms with Crippen molar-refractivity contribution < 1.29 is 19.0 Å². The second-order valence-corrected chi connectivity index (χ2v) is 7.00. The number of methoxy groups -OCH3 is 1. The number of hydrogen-bond acceptors (Lipinski definition) is 7. The number of aromatic nitrogens is 2. The highest BCUT2D eigenvalue weighted by Crippen LogP contribution is 2.30. The molecule has 0 unspecified atom stereocenters. The van der Waals surface area contributed by atoms with Gasteiger partial charge in [0.1, 0.15) is 0 Å². The van der Waals surface area contributed by atoms with Crippen molar-refractivity contribution >= 4 is 23.0 Å². The Morgan fingerprint density at radius 3 is 2.72 bits per heavy atom. The van der Waals surface area contributed by atoms with Crippen LogP contribution in [0.3, 0.4) is 0 Å². The summed E-state index contributed by atoms with van der Waals surface area (Å²) >= 11 is 0. The standard InChI is InChI=1S/C22H22N4O6/c1-30-18-8-4-5-15(20(18)32-14-19(27)25-9-11-31-12-10-25)13-23-26-21(28)16-6-2-3-7-17(16)24-22(26)29/h2-8,13H,9-12,14H2,1H3,(H,24,29). The third-order valence-electron chi connectivity index (χ3n) is 5.03. The number of ether oxygens (including phenoxy) is 3. The fraction of sp³-hybridized carbons (Fsp3) is 0.273. The number of H-pyrrole nitrogens is 1. The zero-order valence-corrected chi connectivity index (χ0v) is 17.4. The number of aromatic amines is 1. The third-order valence-corrected chi connectivity index (χ3v) is 5.03. The van der Waals surface area contributed by atoms with E-state index in [1.807, 2.05) is 0 Å². The van der Waals surface area contributed by atoms with Crippen LogP contribution in [0.15, 0.2) is 57.2 Å². The number of benzene rings is 2. The van der Waals surface area contributed by atoms with Crippen molar-refractivity contribution in [1.82, 2.24) is 14.6 Å². The highest BCUT2D eigenvalue weighted by Gasteiger charge is 2.19. The fourth-order valence-corrected chi connectivity index (χ4v) is 3.37. The molecular formula is C22H22N4O6. The van der Waals surface area contributed by atoms with Crippen molar-refractivity contribution in [1.29, 1.82) is 0 Å². The summed E-state index contributed by atoms with van der Waals surface area (Å²) in [5.41, 5.74) is -0.342. The van der Waals surface area contributed by atoms with Crippen molar-refractivity contribution in [2.24, 2.45) is 5.10 Å². The Morgan fingerprint density at radius 2 is 1.94 bits per heavy atom. The molecule has 10 heteroatoms. The first-order chi connectivity index (χ1) is 15.6. The number of fused-ring (bicyclic) bond motifs is 1. The maximum Gasteiger partial charge on any atom is 0.349 e. The quantitative estimate of drug-likeness (QED) is 0.570. The van der Waals surface area contributed by atoms with Crippen molar-refractivity contribution in [3.05, 3.63) is 68.9 Å². The van der Waals surface area contributed by atoms with Crippen molar-refractivity contribution in [3.63, 3.8) is 0 Å². The van der Waals surface area contributed by atoms with Gasteiger partial charge in [-0.25, -0.2) is 4.79 Å². The summed E-state index contributed by atoms with van der Waals surface area (Å²) in [6.07, 6.45) is 1.32. The van der Waals surface area contributed by atoms with Gasteiger partial charge in [-0.3, -0.25) is 9.59 Å². The van der Waals surface area contributed by atoms with Gasteiger partial charge in [0.05, 0.1) is 37.4 Å². The average molecular weight is 438 g/mol. The Bertz CT molecular complexity index is 1270. The van der Waals surface area contributed by atoms with Gasteiger partial charge < -0.3 is 24.1 Å². The Kier molecular flexibility index (Phi) is 6.31. The molecule has 0 radical (unpaired) electrons. The topological polar surface area (TPSA) is 115 Å². The van der Waals surface area contributed by atoms with Crippen LogP contribution >= 0.6 is 0 Å². The zero-order valence-electron chi connectivity index (χ0n) is 17.4. The predicted molar refractivity (Wildman–Crippen MR) is 118 cm³/mol. The molecule has 1 aliphatic rings. The normalized spacial score (nSPS) is 14.1. The second-order valence-electron chi connectivity index (χ2n) is 7.00. The third kappa shape index (κ3) is 4.40. The van der Waals surface area contributed by atoms with Crippen LogP contribution in [0, 0.1) is 0 Å². The number of carbonyl (C=O) groups excluding carboxylic acids is 1.